The Morgan fingerprint density at radius 2 is 1.65 bits per heavy atom. The van der Waals surface area contributed by atoms with Gasteiger partial charge in [-0.3, -0.25) is 0 Å². The molecule has 1 atom stereocenters. The molecule has 1 aliphatic heterocycles. The van der Waals surface area contributed by atoms with Crippen molar-refractivity contribution < 1.29 is 9.84 Å². The number of ether oxygens (including phenoxy) is 1. The van der Waals surface area contributed by atoms with Gasteiger partial charge in [0.25, 0.3) is 0 Å². The van der Waals surface area contributed by atoms with Gasteiger partial charge >= 0.3 is 0 Å². The van der Waals surface area contributed by atoms with Crippen molar-refractivity contribution in [1.82, 2.24) is 0 Å². The molecule has 0 saturated carbocycles. The molecular weight excluding hydrogens is 320 g/mol. The highest BCUT2D eigenvalue weighted by Crippen LogP contribution is 2.14. The van der Waals surface area contributed by atoms with Crippen LogP contribution < -0.4 is 0 Å². The van der Waals surface area contributed by atoms with Crippen LogP contribution in [0.4, 0.5) is 0 Å². The molecule has 1 N–H and O–H groups in total. The second kappa shape index (κ2) is 15.7. The Morgan fingerprint density at radius 1 is 1.00 bits per heavy atom. The molecular formula is C24H38O2. The SMILES string of the molecule is CC1CO1.CCC/C=C/C/C=C/CCCCCCCc1cccc(O)c1. The summed E-state index contributed by atoms with van der Waals surface area (Å²) in [5.41, 5.74) is 1.25. The molecule has 0 aromatic heterocycles. The van der Waals surface area contributed by atoms with Gasteiger partial charge in [-0.05, 0) is 63.1 Å². The van der Waals surface area contributed by atoms with Crippen LogP contribution in [0.25, 0.3) is 0 Å². The van der Waals surface area contributed by atoms with E-state index >= 15 is 0 Å². The van der Waals surface area contributed by atoms with Gasteiger partial charge in [0.05, 0.1) is 12.7 Å². The number of allylic oxidation sites excluding steroid dienone is 4. The fraction of sp³-hybridized carbons (Fsp3) is 0.583. The molecule has 1 saturated heterocycles. The van der Waals surface area contributed by atoms with Gasteiger partial charge < -0.3 is 9.84 Å². The molecule has 1 fully saturated rings. The van der Waals surface area contributed by atoms with Crippen molar-refractivity contribution in [1.29, 1.82) is 0 Å². The number of hydrogen-bond donors (Lipinski definition) is 1. The lowest BCUT2D eigenvalue weighted by Crippen LogP contribution is -1.86. The summed E-state index contributed by atoms with van der Waals surface area (Å²) in [6.07, 6.45) is 22.0. The van der Waals surface area contributed by atoms with E-state index in [4.69, 9.17) is 4.74 Å². The summed E-state index contributed by atoms with van der Waals surface area (Å²) in [7, 11) is 0. The predicted molar refractivity (Wildman–Crippen MR) is 113 cm³/mol. The smallest absolute Gasteiger partial charge is 0.115 e. The molecule has 1 aliphatic rings. The third-order valence-electron chi connectivity index (χ3n) is 4.31. The van der Waals surface area contributed by atoms with Crippen LogP contribution in [-0.2, 0) is 11.2 Å². The second-order valence-corrected chi connectivity index (χ2v) is 7.09. The number of aryl methyl sites for hydroxylation is 1. The first-order valence-corrected chi connectivity index (χ1v) is 10.4. The van der Waals surface area contributed by atoms with E-state index in [1.807, 2.05) is 12.1 Å². The summed E-state index contributed by atoms with van der Waals surface area (Å²) in [4.78, 5) is 0. The Morgan fingerprint density at radius 3 is 2.31 bits per heavy atom. The van der Waals surface area contributed by atoms with E-state index in [1.165, 1.54) is 56.9 Å². The fourth-order valence-corrected chi connectivity index (χ4v) is 2.60. The minimum absolute atomic E-state index is 0.383. The lowest BCUT2D eigenvalue weighted by Gasteiger charge is -2.02. The maximum Gasteiger partial charge on any atom is 0.115 e. The van der Waals surface area contributed by atoms with E-state index in [0.29, 0.717) is 11.9 Å². The van der Waals surface area contributed by atoms with Gasteiger partial charge in [-0.15, -0.1) is 0 Å². The van der Waals surface area contributed by atoms with Gasteiger partial charge in [-0.25, -0.2) is 0 Å². The molecule has 1 aromatic carbocycles. The van der Waals surface area contributed by atoms with Crippen LogP contribution in [0.1, 0.15) is 77.2 Å². The van der Waals surface area contributed by atoms with Gasteiger partial charge in [0, 0.05) is 0 Å². The molecule has 0 bridgehead atoms. The quantitative estimate of drug-likeness (QED) is 0.248. The van der Waals surface area contributed by atoms with E-state index < -0.39 is 0 Å². The van der Waals surface area contributed by atoms with Crippen LogP contribution in [0.5, 0.6) is 5.75 Å². The third-order valence-corrected chi connectivity index (χ3v) is 4.31. The topological polar surface area (TPSA) is 32.8 Å². The number of phenols is 1. The Hall–Kier alpha value is -1.54. The highest BCUT2D eigenvalue weighted by molar-refractivity contribution is 5.27. The molecule has 2 rings (SSSR count). The second-order valence-electron chi connectivity index (χ2n) is 7.09. The highest BCUT2D eigenvalue weighted by atomic mass is 16.6. The van der Waals surface area contributed by atoms with Crippen LogP contribution in [0, 0.1) is 0 Å². The molecule has 1 unspecified atom stereocenters. The predicted octanol–water partition coefficient (Wildman–Crippen LogP) is 6.98. The summed E-state index contributed by atoms with van der Waals surface area (Å²) >= 11 is 0. The first-order valence-electron chi connectivity index (χ1n) is 10.4. The van der Waals surface area contributed by atoms with Crippen LogP contribution >= 0.6 is 0 Å². The first-order chi connectivity index (χ1) is 12.7. The monoisotopic (exact) mass is 358 g/mol. The van der Waals surface area contributed by atoms with Crippen LogP contribution in [0.3, 0.4) is 0 Å². The summed E-state index contributed by atoms with van der Waals surface area (Å²) in [6, 6.07) is 7.63. The fourth-order valence-electron chi connectivity index (χ4n) is 2.60. The van der Waals surface area contributed by atoms with Crippen molar-refractivity contribution >= 4 is 0 Å². The van der Waals surface area contributed by atoms with Crippen molar-refractivity contribution in [3.05, 3.63) is 54.1 Å². The van der Waals surface area contributed by atoms with Gasteiger partial charge in [0.2, 0.25) is 0 Å². The number of aromatic hydroxyl groups is 1. The number of phenolic OH excluding ortho intramolecular Hbond substituents is 1. The normalized spacial score (nSPS) is 16.0. The van der Waals surface area contributed by atoms with E-state index in [-0.39, 0.29) is 0 Å². The zero-order chi connectivity index (χ0) is 18.9. The average Bonchev–Trinajstić information content (AvgIpc) is 3.42. The van der Waals surface area contributed by atoms with Crippen molar-refractivity contribution in [3.8, 4) is 5.75 Å². The molecule has 0 amide bonds. The molecule has 26 heavy (non-hydrogen) atoms. The van der Waals surface area contributed by atoms with E-state index in [1.54, 1.807) is 6.07 Å². The van der Waals surface area contributed by atoms with Crippen LogP contribution in [0.15, 0.2) is 48.6 Å². The van der Waals surface area contributed by atoms with Gasteiger partial charge in [-0.2, -0.15) is 0 Å². The van der Waals surface area contributed by atoms with E-state index in [2.05, 4.69) is 44.2 Å². The highest BCUT2D eigenvalue weighted by Gasteiger charge is 2.13. The molecule has 0 radical (unpaired) electrons. The number of rotatable bonds is 12. The first kappa shape index (κ1) is 22.5. The van der Waals surface area contributed by atoms with Crippen LogP contribution in [-0.4, -0.2) is 17.8 Å². The Bertz CT molecular complexity index is 501. The van der Waals surface area contributed by atoms with Gasteiger partial charge in [0.15, 0.2) is 0 Å². The van der Waals surface area contributed by atoms with E-state index in [9.17, 15) is 5.11 Å². The van der Waals surface area contributed by atoms with Gasteiger partial charge in [-0.1, -0.05) is 69.0 Å². The van der Waals surface area contributed by atoms with Crippen molar-refractivity contribution in [2.75, 3.05) is 6.61 Å². The number of benzene rings is 1. The maximum atomic E-state index is 9.41. The number of unbranched alkanes of at least 4 members (excludes halogenated alkanes) is 6. The molecule has 0 spiro atoms. The molecule has 146 valence electrons. The van der Waals surface area contributed by atoms with Crippen molar-refractivity contribution in [2.45, 2.75) is 84.2 Å². The minimum atomic E-state index is 0.383. The Kier molecular flexibility index (Phi) is 13.6. The lowest BCUT2D eigenvalue weighted by atomic mass is 10.0. The summed E-state index contributed by atoms with van der Waals surface area (Å²) in [5.74, 6) is 0.383. The third kappa shape index (κ3) is 14.8. The standard InChI is InChI=1S/C21H32O.C3H6O/c1-2-3-4-5-6-7-8-9-10-11-12-13-14-16-20-17-15-18-21(22)19-20;1-3-2-4-3/h4-5,7-8,15,17-19,22H,2-3,6,9-14,16H2,1H3;3H,2H2,1H3/b5-4+,8-7+;. The summed E-state index contributed by atoms with van der Waals surface area (Å²) in [5, 5.41) is 9.41. The molecule has 1 aromatic rings. The number of epoxide rings is 1. The Balaban J connectivity index is 0.000000739. The molecule has 2 heteroatoms. The molecule has 0 aliphatic carbocycles. The largest absolute Gasteiger partial charge is 0.508 e. The summed E-state index contributed by atoms with van der Waals surface area (Å²) in [6.45, 7) is 5.25. The Labute approximate surface area is 161 Å². The molecule has 2 nitrogen and oxygen atoms in total. The van der Waals surface area contributed by atoms with E-state index in [0.717, 1.165) is 19.4 Å². The van der Waals surface area contributed by atoms with Gasteiger partial charge in [0.1, 0.15) is 5.75 Å². The summed E-state index contributed by atoms with van der Waals surface area (Å²) < 4.78 is 4.71. The lowest BCUT2D eigenvalue weighted by molar-refractivity contribution is 0.423. The zero-order valence-electron chi connectivity index (χ0n) is 16.8. The van der Waals surface area contributed by atoms with Crippen LogP contribution in [0.2, 0.25) is 0 Å². The number of hydrogen-bond acceptors (Lipinski definition) is 2. The minimum Gasteiger partial charge on any atom is -0.508 e. The average molecular weight is 359 g/mol. The maximum absolute atomic E-state index is 9.41. The zero-order valence-corrected chi connectivity index (χ0v) is 16.8. The molecule has 1 heterocycles. The van der Waals surface area contributed by atoms with Crippen molar-refractivity contribution in [3.63, 3.8) is 0 Å². The van der Waals surface area contributed by atoms with Crippen molar-refractivity contribution in [2.24, 2.45) is 0 Å².